The summed E-state index contributed by atoms with van der Waals surface area (Å²) in [5.41, 5.74) is 2.54. The quantitative estimate of drug-likeness (QED) is 0.850. The molecule has 1 N–H and O–H groups in total. The molecule has 4 heteroatoms. The van der Waals surface area contributed by atoms with Crippen molar-refractivity contribution in [2.24, 2.45) is 0 Å². The van der Waals surface area contributed by atoms with Crippen molar-refractivity contribution >= 4 is 12.0 Å². The summed E-state index contributed by atoms with van der Waals surface area (Å²) >= 11 is 0. The van der Waals surface area contributed by atoms with Crippen molar-refractivity contribution in [3.63, 3.8) is 0 Å². The van der Waals surface area contributed by atoms with Crippen molar-refractivity contribution in [2.75, 3.05) is 0 Å². The highest BCUT2D eigenvalue weighted by Gasteiger charge is 2.03. The van der Waals surface area contributed by atoms with Gasteiger partial charge in [-0.3, -0.25) is 0 Å². The summed E-state index contributed by atoms with van der Waals surface area (Å²) < 4.78 is 18.5. The molecule has 0 spiro atoms. The standard InChI is InChI=1S/C17H15FO3/c1-12-2-8-16(14(10-12)5-9-17(19)20)21-11-13-3-6-15(18)7-4-13/h2-10H,11H2,1H3,(H,19,20). The van der Waals surface area contributed by atoms with Crippen molar-refractivity contribution in [1.82, 2.24) is 0 Å². The van der Waals surface area contributed by atoms with Crippen LogP contribution in [0.5, 0.6) is 5.75 Å². The van der Waals surface area contributed by atoms with Crippen molar-refractivity contribution in [3.05, 3.63) is 71.0 Å². The molecule has 0 radical (unpaired) electrons. The van der Waals surface area contributed by atoms with Crippen LogP contribution in [0.2, 0.25) is 0 Å². The minimum absolute atomic E-state index is 0.289. The SMILES string of the molecule is Cc1ccc(OCc2ccc(F)cc2)c(C=CC(=O)O)c1. The number of hydrogen-bond acceptors (Lipinski definition) is 2. The van der Waals surface area contributed by atoms with Crippen LogP contribution in [-0.2, 0) is 11.4 Å². The lowest BCUT2D eigenvalue weighted by Crippen LogP contribution is -1.97. The fraction of sp³-hybridized carbons (Fsp3) is 0.118. The van der Waals surface area contributed by atoms with Crippen molar-refractivity contribution in [2.45, 2.75) is 13.5 Å². The first kappa shape index (κ1) is 14.8. The first-order valence-electron chi connectivity index (χ1n) is 6.43. The summed E-state index contributed by atoms with van der Waals surface area (Å²) in [5.74, 6) is -0.720. The Morgan fingerprint density at radius 2 is 1.95 bits per heavy atom. The van der Waals surface area contributed by atoms with Gasteiger partial charge in [0.2, 0.25) is 0 Å². The van der Waals surface area contributed by atoms with E-state index < -0.39 is 5.97 Å². The van der Waals surface area contributed by atoms with Gasteiger partial charge in [-0.25, -0.2) is 9.18 Å². The van der Waals surface area contributed by atoms with Crippen molar-refractivity contribution in [3.8, 4) is 5.75 Å². The molecule has 0 saturated carbocycles. The third-order valence-corrected chi connectivity index (χ3v) is 2.88. The summed E-state index contributed by atoms with van der Waals surface area (Å²) in [5, 5.41) is 8.71. The van der Waals surface area contributed by atoms with Gasteiger partial charge >= 0.3 is 5.97 Å². The van der Waals surface area contributed by atoms with E-state index in [4.69, 9.17) is 9.84 Å². The molecule has 2 rings (SSSR count). The molecule has 2 aromatic rings. The second kappa shape index (κ2) is 6.70. The van der Waals surface area contributed by atoms with Gasteiger partial charge in [-0.15, -0.1) is 0 Å². The summed E-state index contributed by atoms with van der Waals surface area (Å²) in [7, 11) is 0. The number of rotatable bonds is 5. The monoisotopic (exact) mass is 286 g/mol. The van der Waals surface area contributed by atoms with E-state index in [1.54, 1.807) is 18.2 Å². The van der Waals surface area contributed by atoms with E-state index >= 15 is 0 Å². The summed E-state index contributed by atoms with van der Waals surface area (Å²) in [6.07, 6.45) is 2.56. The van der Waals surface area contributed by atoms with E-state index in [1.165, 1.54) is 18.2 Å². The first-order chi connectivity index (χ1) is 10.0. The number of hydrogen-bond donors (Lipinski definition) is 1. The molecule has 3 nitrogen and oxygen atoms in total. The molecule has 0 fully saturated rings. The predicted molar refractivity (Wildman–Crippen MR) is 78.6 cm³/mol. The molecule has 0 unspecified atom stereocenters. The predicted octanol–water partition coefficient (Wildman–Crippen LogP) is 3.81. The minimum Gasteiger partial charge on any atom is -0.488 e. The van der Waals surface area contributed by atoms with Crippen LogP contribution in [0.4, 0.5) is 4.39 Å². The Bertz CT molecular complexity index is 660. The first-order valence-corrected chi connectivity index (χ1v) is 6.43. The van der Waals surface area contributed by atoms with Gasteiger partial charge in [0.1, 0.15) is 18.2 Å². The van der Waals surface area contributed by atoms with Gasteiger partial charge in [0, 0.05) is 11.6 Å². The van der Waals surface area contributed by atoms with Crippen LogP contribution in [0.15, 0.2) is 48.5 Å². The molecule has 0 saturated heterocycles. The van der Waals surface area contributed by atoms with E-state index in [0.29, 0.717) is 11.3 Å². The van der Waals surface area contributed by atoms with Crippen LogP contribution >= 0.6 is 0 Å². The fourth-order valence-electron chi connectivity index (χ4n) is 1.83. The number of halogens is 1. The zero-order valence-corrected chi connectivity index (χ0v) is 11.5. The molecule has 21 heavy (non-hydrogen) atoms. The molecule has 0 heterocycles. The molecule has 0 aromatic heterocycles. The van der Waals surface area contributed by atoms with Crippen LogP contribution in [0.3, 0.4) is 0 Å². The van der Waals surface area contributed by atoms with Gasteiger partial charge in [0.15, 0.2) is 0 Å². The molecular formula is C17H15FO3. The van der Waals surface area contributed by atoms with Gasteiger partial charge in [-0.2, -0.15) is 0 Å². The molecule has 2 aromatic carbocycles. The average Bonchev–Trinajstić information content (AvgIpc) is 2.45. The molecule has 108 valence electrons. The van der Waals surface area contributed by atoms with Gasteiger partial charge < -0.3 is 9.84 Å². The maximum atomic E-state index is 12.8. The summed E-state index contributed by atoms with van der Waals surface area (Å²) in [4.78, 5) is 10.6. The second-order valence-corrected chi connectivity index (χ2v) is 4.63. The van der Waals surface area contributed by atoms with Gasteiger partial charge in [-0.05, 0) is 42.8 Å². The second-order valence-electron chi connectivity index (χ2n) is 4.63. The topological polar surface area (TPSA) is 46.5 Å². The van der Waals surface area contributed by atoms with Crippen LogP contribution in [0, 0.1) is 12.7 Å². The van der Waals surface area contributed by atoms with Crippen LogP contribution in [0.1, 0.15) is 16.7 Å². The molecule has 0 aliphatic carbocycles. The molecule has 0 atom stereocenters. The van der Waals surface area contributed by atoms with E-state index in [-0.39, 0.29) is 12.4 Å². The number of aliphatic carboxylic acids is 1. The van der Waals surface area contributed by atoms with Gasteiger partial charge in [0.05, 0.1) is 0 Å². The van der Waals surface area contributed by atoms with Crippen LogP contribution in [-0.4, -0.2) is 11.1 Å². The zero-order valence-electron chi connectivity index (χ0n) is 11.5. The van der Waals surface area contributed by atoms with E-state index in [9.17, 15) is 9.18 Å². The number of carbonyl (C=O) groups is 1. The van der Waals surface area contributed by atoms with E-state index in [0.717, 1.165) is 17.2 Å². The highest BCUT2D eigenvalue weighted by Crippen LogP contribution is 2.22. The highest BCUT2D eigenvalue weighted by molar-refractivity contribution is 5.85. The van der Waals surface area contributed by atoms with Crippen molar-refractivity contribution < 1.29 is 19.0 Å². The Morgan fingerprint density at radius 1 is 1.24 bits per heavy atom. The van der Waals surface area contributed by atoms with E-state index in [2.05, 4.69) is 0 Å². The normalized spacial score (nSPS) is 10.8. The smallest absolute Gasteiger partial charge is 0.328 e. The summed E-state index contributed by atoms with van der Waals surface area (Å²) in [6.45, 7) is 2.21. The third-order valence-electron chi connectivity index (χ3n) is 2.88. The molecule has 0 aliphatic heterocycles. The molecule has 0 aliphatic rings. The number of ether oxygens (including phenoxy) is 1. The van der Waals surface area contributed by atoms with Crippen LogP contribution < -0.4 is 4.74 Å². The lowest BCUT2D eigenvalue weighted by atomic mass is 10.1. The highest BCUT2D eigenvalue weighted by atomic mass is 19.1. The number of aryl methyl sites for hydroxylation is 1. The largest absolute Gasteiger partial charge is 0.488 e. The molecular weight excluding hydrogens is 271 g/mol. The Morgan fingerprint density at radius 3 is 2.62 bits per heavy atom. The van der Waals surface area contributed by atoms with Gasteiger partial charge in [0.25, 0.3) is 0 Å². The number of benzene rings is 2. The summed E-state index contributed by atoms with van der Waals surface area (Å²) in [6, 6.07) is 11.6. The van der Waals surface area contributed by atoms with E-state index in [1.807, 2.05) is 19.1 Å². The third kappa shape index (κ3) is 4.45. The Kier molecular flexibility index (Phi) is 4.72. The average molecular weight is 286 g/mol. The minimum atomic E-state index is -1.01. The molecule has 0 bridgehead atoms. The maximum Gasteiger partial charge on any atom is 0.328 e. The maximum absolute atomic E-state index is 12.8. The zero-order chi connectivity index (χ0) is 15.2. The Hall–Kier alpha value is -2.62. The Balaban J connectivity index is 2.15. The van der Waals surface area contributed by atoms with Crippen molar-refractivity contribution in [1.29, 1.82) is 0 Å². The lowest BCUT2D eigenvalue weighted by molar-refractivity contribution is -0.131. The number of carboxylic acid groups (broad SMARTS) is 1. The Labute approximate surface area is 122 Å². The van der Waals surface area contributed by atoms with Crippen LogP contribution in [0.25, 0.3) is 6.08 Å². The lowest BCUT2D eigenvalue weighted by Gasteiger charge is -2.10. The molecule has 0 amide bonds. The fourth-order valence-corrected chi connectivity index (χ4v) is 1.83. The van der Waals surface area contributed by atoms with Gasteiger partial charge in [-0.1, -0.05) is 23.8 Å². The number of carboxylic acids is 1.